The molecular weight excluding hydrogens is 170 g/mol. The van der Waals surface area contributed by atoms with E-state index in [4.69, 9.17) is 5.11 Å². The van der Waals surface area contributed by atoms with Crippen molar-refractivity contribution in [1.82, 2.24) is 4.72 Å². The molecular formula is C5H9NO4S. The summed E-state index contributed by atoms with van der Waals surface area (Å²) in [6.07, 6.45) is 0.806. The molecule has 0 aromatic carbocycles. The summed E-state index contributed by atoms with van der Waals surface area (Å²) in [5.74, 6) is -1.27. The Morgan fingerprint density at radius 3 is 2.55 bits per heavy atom. The van der Waals surface area contributed by atoms with Crippen LogP contribution in [0.3, 0.4) is 0 Å². The van der Waals surface area contributed by atoms with Gasteiger partial charge in [0.25, 0.3) is 0 Å². The lowest BCUT2D eigenvalue weighted by molar-refractivity contribution is -0.136. The molecule has 1 atom stereocenters. The van der Waals surface area contributed by atoms with E-state index in [0.29, 0.717) is 13.0 Å². The molecule has 2 N–H and O–H groups in total. The fraction of sp³-hybridized carbons (Fsp3) is 0.800. The third-order valence-electron chi connectivity index (χ3n) is 1.60. The van der Waals surface area contributed by atoms with Crippen LogP contribution < -0.4 is 4.72 Å². The lowest BCUT2D eigenvalue weighted by Gasteiger charge is -2.18. The maximum atomic E-state index is 10.9. The van der Waals surface area contributed by atoms with Crippen LogP contribution in [0.1, 0.15) is 12.8 Å². The second kappa shape index (κ2) is 2.78. The van der Waals surface area contributed by atoms with Gasteiger partial charge in [-0.3, -0.25) is 4.79 Å². The molecule has 0 spiro atoms. The quantitative estimate of drug-likeness (QED) is 0.549. The minimum atomic E-state index is -3.57. The molecule has 1 fully saturated rings. The van der Waals surface area contributed by atoms with Gasteiger partial charge >= 0.3 is 5.97 Å². The molecule has 0 radical (unpaired) electrons. The standard InChI is InChI=1S/C5H9NO4S/c7-5(8)4-2-1-3-6-11(4,9)10/h4,6H,1-3H2,(H,7,8). The van der Waals surface area contributed by atoms with Crippen molar-refractivity contribution in [2.45, 2.75) is 18.1 Å². The predicted octanol–water partition coefficient (Wildman–Crippen LogP) is -0.847. The zero-order chi connectivity index (χ0) is 8.48. The molecule has 0 aromatic heterocycles. The van der Waals surface area contributed by atoms with Crippen LogP contribution in [0.25, 0.3) is 0 Å². The molecule has 1 saturated heterocycles. The van der Waals surface area contributed by atoms with Gasteiger partial charge in [-0.1, -0.05) is 0 Å². The second-order valence-corrected chi connectivity index (χ2v) is 4.36. The van der Waals surface area contributed by atoms with Crippen molar-refractivity contribution in [3.05, 3.63) is 0 Å². The molecule has 0 bridgehead atoms. The fourth-order valence-corrected chi connectivity index (χ4v) is 2.39. The van der Waals surface area contributed by atoms with E-state index in [-0.39, 0.29) is 6.42 Å². The molecule has 0 aromatic rings. The Kier molecular flexibility index (Phi) is 2.15. The predicted molar refractivity (Wildman–Crippen MR) is 37.6 cm³/mol. The lowest BCUT2D eigenvalue weighted by atomic mass is 10.2. The van der Waals surface area contributed by atoms with Gasteiger partial charge < -0.3 is 5.11 Å². The monoisotopic (exact) mass is 179 g/mol. The number of carboxylic acid groups (broad SMARTS) is 1. The van der Waals surface area contributed by atoms with Crippen LogP contribution >= 0.6 is 0 Å². The molecule has 5 nitrogen and oxygen atoms in total. The summed E-state index contributed by atoms with van der Waals surface area (Å²) in [6, 6.07) is 0. The van der Waals surface area contributed by atoms with E-state index in [1.807, 2.05) is 0 Å². The molecule has 0 aliphatic carbocycles. The van der Waals surface area contributed by atoms with Gasteiger partial charge in [0, 0.05) is 6.54 Å². The minimum absolute atomic E-state index is 0.213. The van der Waals surface area contributed by atoms with Crippen LogP contribution in [0.15, 0.2) is 0 Å². The van der Waals surface area contributed by atoms with Gasteiger partial charge in [-0.05, 0) is 12.8 Å². The van der Waals surface area contributed by atoms with E-state index in [2.05, 4.69) is 4.72 Å². The van der Waals surface area contributed by atoms with E-state index in [1.165, 1.54) is 0 Å². The zero-order valence-corrected chi connectivity index (χ0v) is 6.60. The van der Waals surface area contributed by atoms with E-state index in [1.54, 1.807) is 0 Å². The molecule has 1 rings (SSSR count). The molecule has 1 aliphatic heterocycles. The second-order valence-electron chi connectivity index (χ2n) is 2.41. The Hall–Kier alpha value is -0.620. The highest BCUT2D eigenvalue weighted by molar-refractivity contribution is 7.90. The Bertz CT molecular complexity index is 258. The number of aliphatic carboxylic acids is 1. The van der Waals surface area contributed by atoms with E-state index >= 15 is 0 Å². The number of sulfonamides is 1. The van der Waals surface area contributed by atoms with Crippen LogP contribution in [0.4, 0.5) is 0 Å². The Morgan fingerprint density at radius 2 is 2.18 bits per heavy atom. The highest BCUT2D eigenvalue weighted by Crippen LogP contribution is 2.12. The van der Waals surface area contributed by atoms with E-state index in [9.17, 15) is 13.2 Å². The van der Waals surface area contributed by atoms with Crippen LogP contribution in [0.2, 0.25) is 0 Å². The smallest absolute Gasteiger partial charge is 0.323 e. The summed E-state index contributed by atoms with van der Waals surface area (Å²) >= 11 is 0. The van der Waals surface area contributed by atoms with Crippen molar-refractivity contribution in [2.75, 3.05) is 6.54 Å². The van der Waals surface area contributed by atoms with Gasteiger partial charge in [-0.15, -0.1) is 0 Å². The summed E-state index contributed by atoms with van der Waals surface area (Å²) in [6.45, 7) is 0.353. The molecule has 11 heavy (non-hydrogen) atoms. The first-order valence-electron chi connectivity index (χ1n) is 3.25. The van der Waals surface area contributed by atoms with Gasteiger partial charge in [0.05, 0.1) is 0 Å². The topological polar surface area (TPSA) is 83.5 Å². The Labute approximate surface area is 64.5 Å². The van der Waals surface area contributed by atoms with Gasteiger partial charge in [0.1, 0.15) is 0 Å². The zero-order valence-electron chi connectivity index (χ0n) is 5.78. The van der Waals surface area contributed by atoms with E-state index < -0.39 is 21.2 Å². The number of carboxylic acids is 1. The summed E-state index contributed by atoms with van der Waals surface area (Å²) in [4.78, 5) is 10.4. The molecule has 6 heteroatoms. The molecule has 0 saturated carbocycles. The normalized spacial score (nSPS) is 29.6. The highest BCUT2D eigenvalue weighted by atomic mass is 32.2. The summed E-state index contributed by atoms with van der Waals surface area (Å²) in [5.41, 5.74) is 0. The third kappa shape index (κ3) is 1.69. The van der Waals surface area contributed by atoms with E-state index in [0.717, 1.165) is 0 Å². The number of nitrogens with one attached hydrogen (secondary N) is 1. The van der Waals surface area contributed by atoms with Crippen LogP contribution in [0.5, 0.6) is 0 Å². The highest BCUT2D eigenvalue weighted by Gasteiger charge is 2.34. The van der Waals surface area contributed by atoms with Gasteiger partial charge in [-0.2, -0.15) is 0 Å². The maximum Gasteiger partial charge on any atom is 0.323 e. The number of hydrogen-bond donors (Lipinski definition) is 2. The first-order valence-corrected chi connectivity index (χ1v) is 4.80. The molecule has 1 aliphatic rings. The first-order chi connectivity index (χ1) is 5.04. The van der Waals surface area contributed by atoms with Crippen molar-refractivity contribution in [3.8, 4) is 0 Å². The summed E-state index contributed by atoms with van der Waals surface area (Å²) < 4.78 is 24.0. The molecule has 1 unspecified atom stereocenters. The summed E-state index contributed by atoms with van der Waals surface area (Å²) in [5, 5.41) is 7.20. The molecule has 1 heterocycles. The average Bonchev–Trinajstić information content (AvgIpc) is 1.85. The average molecular weight is 179 g/mol. The van der Waals surface area contributed by atoms with Gasteiger partial charge in [0.15, 0.2) is 5.25 Å². The van der Waals surface area contributed by atoms with Crippen LogP contribution in [-0.4, -0.2) is 31.3 Å². The van der Waals surface area contributed by atoms with Gasteiger partial charge in [0.2, 0.25) is 10.0 Å². The Balaban J connectivity index is 2.85. The van der Waals surface area contributed by atoms with Crippen molar-refractivity contribution in [2.24, 2.45) is 0 Å². The number of hydrogen-bond acceptors (Lipinski definition) is 3. The molecule has 64 valence electrons. The SMILES string of the molecule is O=C(O)C1CCCNS1(=O)=O. The number of rotatable bonds is 1. The van der Waals surface area contributed by atoms with Gasteiger partial charge in [-0.25, -0.2) is 13.1 Å². The van der Waals surface area contributed by atoms with Crippen LogP contribution in [0, 0.1) is 0 Å². The fourth-order valence-electron chi connectivity index (χ4n) is 1.01. The number of carbonyl (C=O) groups is 1. The van der Waals surface area contributed by atoms with Crippen molar-refractivity contribution in [1.29, 1.82) is 0 Å². The van der Waals surface area contributed by atoms with Crippen molar-refractivity contribution in [3.63, 3.8) is 0 Å². The third-order valence-corrected chi connectivity index (χ3v) is 3.39. The van der Waals surface area contributed by atoms with Crippen LogP contribution in [-0.2, 0) is 14.8 Å². The lowest BCUT2D eigenvalue weighted by Crippen LogP contribution is -2.44. The maximum absolute atomic E-state index is 10.9. The van der Waals surface area contributed by atoms with Crippen molar-refractivity contribution < 1.29 is 18.3 Å². The largest absolute Gasteiger partial charge is 0.480 e. The molecule has 0 amide bonds. The Morgan fingerprint density at radius 1 is 1.55 bits per heavy atom. The first kappa shape index (κ1) is 8.48. The minimum Gasteiger partial charge on any atom is -0.480 e. The van der Waals surface area contributed by atoms with Crippen molar-refractivity contribution >= 4 is 16.0 Å². The summed E-state index contributed by atoms with van der Waals surface area (Å²) in [7, 11) is -3.57.